The van der Waals surface area contributed by atoms with Gasteiger partial charge in [-0.05, 0) is 18.2 Å². The van der Waals surface area contributed by atoms with Crippen molar-refractivity contribution in [2.45, 2.75) is 6.42 Å². The van der Waals surface area contributed by atoms with E-state index in [4.69, 9.17) is 0 Å². The van der Waals surface area contributed by atoms with E-state index in [0.717, 1.165) is 0 Å². The van der Waals surface area contributed by atoms with Gasteiger partial charge in [0.1, 0.15) is 6.54 Å². The molecule has 0 atom stereocenters. The van der Waals surface area contributed by atoms with Gasteiger partial charge in [0.05, 0.1) is 28.9 Å². The molecule has 0 unspecified atom stereocenters. The van der Waals surface area contributed by atoms with Gasteiger partial charge < -0.3 is 10.2 Å². The van der Waals surface area contributed by atoms with Crippen molar-refractivity contribution in [1.82, 2.24) is 10.2 Å². The number of aromatic amines is 1. The number of anilines is 2. The van der Waals surface area contributed by atoms with Crippen LogP contribution in [0.2, 0.25) is 0 Å². The Morgan fingerprint density at radius 3 is 2.60 bits per heavy atom. The first-order valence-electron chi connectivity index (χ1n) is 7.79. The summed E-state index contributed by atoms with van der Waals surface area (Å²) in [4.78, 5) is 38.0. The SMILES string of the molecule is O=C1CN(C(=O)Cc2n[nH]c(=O)c3ccccc23)c2ccccc2N1. The normalized spacial score (nSPS) is 13.4. The molecule has 0 aliphatic carbocycles. The van der Waals surface area contributed by atoms with E-state index in [2.05, 4.69) is 15.5 Å². The van der Waals surface area contributed by atoms with E-state index in [1.54, 1.807) is 42.5 Å². The molecule has 25 heavy (non-hydrogen) atoms. The van der Waals surface area contributed by atoms with Crippen LogP contribution in [-0.4, -0.2) is 28.6 Å². The lowest BCUT2D eigenvalue weighted by atomic mass is 10.1. The van der Waals surface area contributed by atoms with E-state index >= 15 is 0 Å². The summed E-state index contributed by atoms with van der Waals surface area (Å²) in [5, 5.41) is 10.3. The van der Waals surface area contributed by atoms with Gasteiger partial charge in [-0.1, -0.05) is 30.3 Å². The molecule has 7 heteroatoms. The van der Waals surface area contributed by atoms with Crippen LogP contribution < -0.4 is 15.8 Å². The van der Waals surface area contributed by atoms with Crippen LogP contribution in [0.3, 0.4) is 0 Å². The number of aromatic nitrogens is 2. The number of carbonyl (C=O) groups is 2. The molecule has 0 radical (unpaired) electrons. The second kappa shape index (κ2) is 5.86. The number of hydrogen-bond donors (Lipinski definition) is 2. The van der Waals surface area contributed by atoms with Crippen LogP contribution in [-0.2, 0) is 16.0 Å². The molecule has 0 spiro atoms. The fourth-order valence-corrected chi connectivity index (χ4v) is 3.00. The molecule has 0 fully saturated rings. The third-order valence-electron chi connectivity index (χ3n) is 4.17. The third-order valence-corrected chi connectivity index (χ3v) is 4.17. The zero-order valence-corrected chi connectivity index (χ0v) is 13.2. The van der Waals surface area contributed by atoms with Crippen LogP contribution in [0.15, 0.2) is 53.3 Å². The summed E-state index contributed by atoms with van der Waals surface area (Å²) in [5.41, 5.74) is 1.44. The van der Waals surface area contributed by atoms with Crippen molar-refractivity contribution in [2.24, 2.45) is 0 Å². The third kappa shape index (κ3) is 2.65. The maximum Gasteiger partial charge on any atom is 0.272 e. The number of fused-ring (bicyclic) bond motifs is 2. The minimum atomic E-state index is -0.297. The van der Waals surface area contributed by atoms with Gasteiger partial charge in [-0.25, -0.2) is 5.10 Å². The number of nitrogens with one attached hydrogen (secondary N) is 2. The molecule has 7 nitrogen and oxygen atoms in total. The van der Waals surface area contributed by atoms with Gasteiger partial charge in [0.25, 0.3) is 5.56 Å². The van der Waals surface area contributed by atoms with E-state index in [9.17, 15) is 14.4 Å². The van der Waals surface area contributed by atoms with Crippen molar-refractivity contribution in [1.29, 1.82) is 0 Å². The summed E-state index contributed by atoms with van der Waals surface area (Å²) in [5.74, 6) is -0.502. The number of H-pyrrole nitrogens is 1. The van der Waals surface area contributed by atoms with Gasteiger partial charge in [-0.3, -0.25) is 14.4 Å². The number of amides is 2. The van der Waals surface area contributed by atoms with Crippen LogP contribution in [0.1, 0.15) is 5.69 Å². The molecule has 1 aliphatic heterocycles. The first kappa shape index (κ1) is 15.1. The van der Waals surface area contributed by atoms with Gasteiger partial charge in [0, 0.05) is 5.39 Å². The van der Waals surface area contributed by atoms with E-state index in [0.29, 0.717) is 27.8 Å². The predicted molar refractivity (Wildman–Crippen MR) is 93.5 cm³/mol. The Morgan fingerprint density at radius 2 is 1.76 bits per heavy atom. The minimum Gasteiger partial charge on any atom is -0.323 e. The molecule has 2 N–H and O–H groups in total. The summed E-state index contributed by atoms with van der Waals surface area (Å²) < 4.78 is 0. The van der Waals surface area contributed by atoms with E-state index in [1.807, 2.05) is 6.07 Å². The molecule has 2 heterocycles. The molecule has 0 saturated carbocycles. The lowest BCUT2D eigenvalue weighted by Gasteiger charge is -2.29. The maximum atomic E-state index is 12.8. The molecule has 1 aliphatic rings. The van der Waals surface area contributed by atoms with Gasteiger partial charge in [0.2, 0.25) is 11.8 Å². The smallest absolute Gasteiger partial charge is 0.272 e. The number of para-hydroxylation sites is 2. The van der Waals surface area contributed by atoms with Crippen LogP contribution in [0.5, 0.6) is 0 Å². The van der Waals surface area contributed by atoms with Crippen molar-refractivity contribution in [3.05, 3.63) is 64.6 Å². The molecular formula is C18H14N4O3. The summed E-state index contributed by atoms with van der Waals surface area (Å²) >= 11 is 0. The second-order valence-electron chi connectivity index (χ2n) is 5.77. The molecule has 0 saturated heterocycles. The van der Waals surface area contributed by atoms with E-state index in [-0.39, 0.29) is 30.3 Å². The Kier molecular flexibility index (Phi) is 3.53. The van der Waals surface area contributed by atoms with Crippen molar-refractivity contribution in [3.8, 4) is 0 Å². The summed E-state index contributed by atoms with van der Waals surface area (Å²) in [6, 6.07) is 14.1. The Bertz CT molecular complexity index is 1060. The average molecular weight is 334 g/mol. The highest BCUT2D eigenvalue weighted by Crippen LogP contribution is 2.29. The molecule has 0 bridgehead atoms. The summed E-state index contributed by atoms with van der Waals surface area (Å²) in [7, 11) is 0. The fraction of sp³-hybridized carbons (Fsp3) is 0.111. The first-order chi connectivity index (χ1) is 12.1. The van der Waals surface area contributed by atoms with Crippen LogP contribution in [0, 0.1) is 0 Å². The number of nitrogens with zero attached hydrogens (tertiary/aromatic N) is 2. The van der Waals surface area contributed by atoms with E-state index in [1.165, 1.54) is 4.90 Å². The highest BCUT2D eigenvalue weighted by Gasteiger charge is 2.27. The minimum absolute atomic E-state index is 0.0150. The Balaban J connectivity index is 1.71. The van der Waals surface area contributed by atoms with Crippen LogP contribution in [0.4, 0.5) is 11.4 Å². The van der Waals surface area contributed by atoms with Gasteiger partial charge in [-0.15, -0.1) is 0 Å². The largest absolute Gasteiger partial charge is 0.323 e. The molecule has 3 aromatic rings. The number of rotatable bonds is 2. The second-order valence-corrected chi connectivity index (χ2v) is 5.77. The lowest BCUT2D eigenvalue weighted by molar-refractivity contribution is -0.121. The molecule has 124 valence electrons. The molecule has 2 amide bonds. The molecule has 2 aromatic carbocycles. The highest BCUT2D eigenvalue weighted by atomic mass is 16.2. The van der Waals surface area contributed by atoms with Crippen molar-refractivity contribution >= 4 is 34.0 Å². The molecular weight excluding hydrogens is 320 g/mol. The standard InChI is InChI=1S/C18H14N4O3/c23-16-10-22(15-8-4-3-7-13(15)19-16)17(24)9-14-11-5-1-2-6-12(11)18(25)21-20-14/h1-8H,9-10H2,(H,19,23)(H,21,25). The van der Waals surface area contributed by atoms with Crippen molar-refractivity contribution in [3.63, 3.8) is 0 Å². The monoisotopic (exact) mass is 334 g/mol. The van der Waals surface area contributed by atoms with Crippen LogP contribution >= 0.6 is 0 Å². The zero-order chi connectivity index (χ0) is 17.4. The van der Waals surface area contributed by atoms with Gasteiger partial charge in [-0.2, -0.15) is 5.10 Å². The van der Waals surface area contributed by atoms with Crippen LogP contribution in [0.25, 0.3) is 10.8 Å². The van der Waals surface area contributed by atoms with Gasteiger partial charge in [0.15, 0.2) is 0 Å². The molecule has 4 rings (SSSR count). The highest BCUT2D eigenvalue weighted by molar-refractivity contribution is 6.10. The van der Waals surface area contributed by atoms with Gasteiger partial charge >= 0.3 is 0 Å². The first-order valence-corrected chi connectivity index (χ1v) is 7.79. The lowest BCUT2D eigenvalue weighted by Crippen LogP contribution is -2.43. The molecule has 1 aromatic heterocycles. The summed E-state index contributed by atoms with van der Waals surface area (Å²) in [6.45, 7) is -0.0445. The zero-order valence-electron chi connectivity index (χ0n) is 13.2. The Hall–Kier alpha value is -3.48. The predicted octanol–water partition coefficient (Wildman–Crippen LogP) is 1.45. The Labute approximate surface area is 142 Å². The Morgan fingerprint density at radius 1 is 1.04 bits per heavy atom. The van der Waals surface area contributed by atoms with Crippen molar-refractivity contribution in [2.75, 3.05) is 16.8 Å². The summed E-state index contributed by atoms with van der Waals surface area (Å²) in [6.07, 6.45) is -0.0150. The average Bonchev–Trinajstić information content (AvgIpc) is 2.63. The van der Waals surface area contributed by atoms with Crippen molar-refractivity contribution < 1.29 is 9.59 Å². The van der Waals surface area contributed by atoms with E-state index < -0.39 is 0 Å². The number of benzene rings is 2. The fourth-order valence-electron chi connectivity index (χ4n) is 3.00. The maximum absolute atomic E-state index is 12.8. The topological polar surface area (TPSA) is 95.2 Å². The quantitative estimate of drug-likeness (QED) is 0.741. The number of carbonyl (C=O) groups excluding carboxylic acids is 2. The number of hydrogen-bond acceptors (Lipinski definition) is 4.